The number of rotatable bonds is 7. The average molecular weight is 380 g/mol. The van der Waals surface area contributed by atoms with E-state index in [2.05, 4.69) is 31.0 Å². The van der Waals surface area contributed by atoms with E-state index in [0.29, 0.717) is 12.4 Å². The number of ether oxygens (including phenoxy) is 2. The monoisotopic (exact) mass is 380 g/mol. The molecule has 1 heterocycles. The summed E-state index contributed by atoms with van der Waals surface area (Å²) in [5.74, 6) is 3.21. The number of aryl methyl sites for hydroxylation is 2. The Morgan fingerprint density at radius 2 is 1.86 bits per heavy atom. The SMILES string of the molecule is COc1cccc(C(C)N(C)Cc2nc(-c3ccc(OC)c(C)c3)oc2C)c1. The first-order valence-electron chi connectivity index (χ1n) is 9.38. The van der Waals surface area contributed by atoms with Crippen molar-refractivity contribution >= 4 is 0 Å². The van der Waals surface area contributed by atoms with Gasteiger partial charge in [-0.2, -0.15) is 0 Å². The second kappa shape index (κ2) is 8.48. The Hall–Kier alpha value is -2.79. The maximum atomic E-state index is 5.95. The van der Waals surface area contributed by atoms with Gasteiger partial charge in [0.15, 0.2) is 0 Å². The number of nitrogens with zero attached hydrogens (tertiary/aromatic N) is 2. The first-order valence-corrected chi connectivity index (χ1v) is 9.38. The molecule has 0 aliphatic heterocycles. The molecule has 0 N–H and O–H groups in total. The third-order valence-electron chi connectivity index (χ3n) is 5.17. The van der Waals surface area contributed by atoms with Crippen LogP contribution in [0.2, 0.25) is 0 Å². The van der Waals surface area contributed by atoms with Crippen LogP contribution < -0.4 is 9.47 Å². The van der Waals surface area contributed by atoms with Gasteiger partial charge in [0, 0.05) is 18.2 Å². The Bertz CT molecular complexity index is 949. The third-order valence-corrected chi connectivity index (χ3v) is 5.17. The van der Waals surface area contributed by atoms with E-state index >= 15 is 0 Å². The molecule has 0 fully saturated rings. The number of hydrogen-bond donors (Lipinski definition) is 0. The molecule has 1 unspecified atom stereocenters. The predicted octanol–water partition coefficient (Wildman–Crippen LogP) is 5.17. The largest absolute Gasteiger partial charge is 0.497 e. The second-order valence-electron chi connectivity index (χ2n) is 7.07. The molecular formula is C23H28N2O3. The molecule has 28 heavy (non-hydrogen) atoms. The molecule has 0 bridgehead atoms. The second-order valence-corrected chi connectivity index (χ2v) is 7.07. The molecule has 0 radical (unpaired) electrons. The summed E-state index contributed by atoms with van der Waals surface area (Å²) in [5.41, 5.74) is 4.16. The molecule has 1 atom stereocenters. The van der Waals surface area contributed by atoms with Crippen LogP contribution in [0.1, 0.15) is 35.5 Å². The summed E-state index contributed by atoms with van der Waals surface area (Å²) in [6.45, 7) is 6.86. The van der Waals surface area contributed by atoms with Crippen LogP contribution in [0, 0.1) is 13.8 Å². The molecule has 1 aromatic heterocycles. The molecule has 148 valence electrons. The lowest BCUT2D eigenvalue weighted by Gasteiger charge is -2.24. The lowest BCUT2D eigenvalue weighted by atomic mass is 10.1. The molecule has 3 rings (SSSR count). The maximum Gasteiger partial charge on any atom is 0.226 e. The summed E-state index contributed by atoms with van der Waals surface area (Å²) < 4.78 is 16.6. The molecule has 0 aliphatic carbocycles. The van der Waals surface area contributed by atoms with E-state index in [0.717, 1.165) is 34.1 Å². The topological polar surface area (TPSA) is 47.7 Å². The number of hydrogen-bond acceptors (Lipinski definition) is 5. The van der Waals surface area contributed by atoms with Crippen molar-refractivity contribution in [1.29, 1.82) is 0 Å². The van der Waals surface area contributed by atoms with Crippen LogP contribution in [-0.4, -0.2) is 31.2 Å². The van der Waals surface area contributed by atoms with Gasteiger partial charge in [-0.3, -0.25) is 4.90 Å². The fraction of sp³-hybridized carbons (Fsp3) is 0.348. The zero-order valence-corrected chi connectivity index (χ0v) is 17.4. The molecule has 0 saturated carbocycles. The van der Waals surface area contributed by atoms with Crippen molar-refractivity contribution in [2.75, 3.05) is 21.3 Å². The van der Waals surface area contributed by atoms with Gasteiger partial charge < -0.3 is 13.9 Å². The predicted molar refractivity (Wildman–Crippen MR) is 111 cm³/mol. The van der Waals surface area contributed by atoms with Crippen LogP contribution in [0.5, 0.6) is 11.5 Å². The van der Waals surface area contributed by atoms with Gasteiger partial charge in [0.1, 0.15) is 17.3 Å². The molecule has 2 aromatic carbocycles. The Balaban J connectivity index is 1.78. The lowest BCUT2D eigenvalue weighted by molar-refractivity contribution is 0.248. The summed E-state index contributed by atoms with van der Waals surface area (Å²) in [5, 5.41) is 0. The summed E-state index contributed by atoms with van der Waals surface area (Å²) in [7, 11) is 5.46. The average Bonchev–Trinajstić information content (AvgIpc) is 3.07. The van der Waals surface area contributed by atoms with Crippen LogP contribution in [-0.2, 0) is 6.54 Å². The van der Waals surface area contributed by atoms with Crippen molar-refractivity contribution in [3.63, 3.8) is 0 Å². The van der Waals surface area contributed by atoms with Crippen LogP contribution >= 0.6 is 0 Å². The minimum absolute atomic E-state index is 0.220. The quantitative estimate of drug-likeness (QED) is 0.566. The highest BCUT2D eigenvalue weighted by Gasteiger charge is 2.18. The number of aromatic nitrogens is 1. The Labute approximate surface area is 166 Å². The van der Waals surface area contributed by atoms with E-state index in [1.54, 1.807) is 14.2 Å². The molecule has 0 saturated heterocycles. The minimum Gasteiger partial charge on any atom is -0.497 e. The van der Waals surface area contributed by atoms with Gasteiger partial charge in [0.2, 0.25) is 5.89 Å². The van der Waals surface area contributed by atoms with Crippen molar-refractivity contribution in [3.05, 3.63) is 65.0 Å². The van der Waals surface area contributed by atoms with Crippen LogP contribution in [0.15, 0.2) is 46.9 Å². The highest BCUT2D eigenvalue weighted by Crippen LogP contribution is 2.29. The lowest BCUT2D eigenvalue weighted by Crippen LogP contribution is -2.22. The highest BCUT2D eigenvalue weighted by atomic mass is 16.5. The highest BCUT2D eigenvalue weighted by molar-refractivity contribution is 5.57. The van der Waals surface area contributed by atoms with Gasteiger partial charge in [-0.05, 0) is 69.3 Å². The molecule has 3 aromatic rings. The Morgan fingerprint density at radius 1 is 1.07 bits per heavy atom. The van der Waals surface area contributed by atoms with E-state index < -0.39 is 0 Å². The first-order chi connectivity index (χ1) is 13.4. The van der Waals surface area contributed by atoms with Gasteiger partial charge in [0.05, 0.1) is 19.9 Å². The molecule has 0 aliphatic rings. The van der Waals surface area contributed by atoms with E-state index in [4.69, 9.17) is 18.9 Å². The molecule has 0 amide bonds. The zero-order valence-electron chi connectivity index (χ0n) is 17.4. The van der Waals surface area contributed by atoms with Gasteiger partial charge in [-0.1, -0.05) is 12.1 Å². The van der Waals surface area contributed by atoms with Gasteiger partial charge >= 0.3 is 0 Å². The standard InChI is InChI=1S/C23H28N2O3/c1-15-12-19(10-11-22(15)27-6)23-24-21(17(3)28-23)14-25(4)16(2)18-8-7-9-20(13-18)26-5/h7-13,16H,14H2,1-6H3. The van der Waals surface area contributed by atoms with Gasteiger partial charge in [-0.15, -0.1) is 0 Å². The minimum atomic E-state index is 0.220. The summed E-state index contributed by atoms with van der Waals surface area (Å²) in [4.78, 5) is 7.01. The normalized spacial score (nSPS) is 12.2. The summed E-state index contributed by atoms with van der Waals surface area (Å²) in [6, 6.07) is 14.3. The fourth-order valence-corrected chi connectivity index (χ4v) is 3.24. The van der Waals surface area contributed by atoms with E-state index in [9.17, 15) is 0 Å². The van der Waals surface area contributed by atoms with Gasteiger partial charge in [0.25, 0.3) is 0 Å². The van der Waals surface area contributed by atoms with Crippen LogP contribution in [0.3, 0.4) is 0 Å². The van der Waals surface area contributed by atoms with Crippen molar-refractivity contribution in [2.24, 2.45) is 0 Å². The van der Waals surface area contributed by atoms with Crippen molar-refractivity contribution in [3.8, 4) is 23.0 Å². The first kappa shape index (κ1) is 20.0. The summed E-state index contributed by atoms with van der Waals surface area (Å²) >= 11 is 0. The van der Waals surface area contributed by atoms with Crippen LogP contribution in [0.25, 0.3) is 11.5 Å². The van der Waals surface area contributed by atoms with E-state index in [1.165, 1.54) is 5.56 Å². The Kier molecular flexibility index (Phi) is 6.05. The number of oxazole rings is 1. The molecule has 5 heteroatoms. The molecular weight excluding hydrogens is 352 g/mol. The molecule has 0 spiro atoms. The van der Waals surface area contributed by atoms with E-state index in [1.807, 2.05) is 44.2 Å². The van der Waals surface area contributed by atoms with Crippen molar-refractivity contribution in [2.45, 2.75) is 33.4 Å². The number of benzene rings is 2. The molecule has 5 nitrogen and oxygen atoms in total. The summed E-state index contributed by atoms with van der Waals surface area (Å²) in [6.07, 6.45) is 0. The van der Waals surface area contributed by atoms with Gasteiger partial charge in [-0.25, -0.2) is 4.98 Å². The Morgan fingerprint density at radius 3 is 2.54 bits per heavy atom. The zero-order chi connectivity index (χ0) is 20.3. The van der Waals surface area contributed by atoms with Crippen molar-refractivity contribution in [1.82, 2.24) is 9.88 Å². The fourth-order valence-electron chi connectivity index (χ4n) is 3.24. The smallest absolute Gasteiger partial charge is 0.226 e. The van der Waals surface area contributed by atoms with Crippen LogP contribution in [0.4, 0.5) is 0 Å². The maximum absolute atomic E-state index is 5.95. The van der Waals surface area contributed by atoms with E-state index in [-0.39, 0.29) is 6.04 Å². The number of methoxy groups -OCH3 is 2. The third kappa shape index (κ3) is 4.20. The van der Waals surface area contributed by atoms with Crippen molar-refractivity contribution < 1.29 is 13.9 Å².